The zero-order chi connectivity index (χ0) is 20.7. The van der Waals surface area contributed by atoms with E-state index in [1.807, 2.05) is 35.0 Å². The summed E-state index contributed by atoms with van der Waals surface area (Å²) in [6.45, 7) is 4.71. The molecule has 0 amide bonds. The lowest BCUT2D eigenvalue weighted by Crippen LogP contribution is -2.05. The third-order valence-corrected chi connectivity index (χ3v) is 5.23. The standard InChI is InChI=1S/C24H21N5O/c1-15-6-10-17(11-7-15)14-29-23(19-4-3-5-20-21(19)26-24(30)25-20)27-22(28-29)18-12-8-16(2)9-13-18/h3-13H,14H2,1-2H3,(H2,25,26,30). The van der Waals surface area contributed by atoms with Gasteiger partial charge in [-0.15, -0.1) is 0 Å². The summed E-state index contributed by atoms with van der Waals surface area (Å²) in [4.78, 5) is 22.5. The maximum absolute atomic E-state index is 11.9. The maximum Gasteiger partial charge on any atom is 0.323 e. The second-order valence-corrected chi connectivity index (χ2v) is 7.58. The predicted octanol–water partition coefficient (Wildman–Crippen LogP) is 4.45. The Bertz CT molecular complexity index is 1390. The Balaban J connectivity index is 1.68. The number of fused-ring (bicyclic) bond motifs is 1. The second kappa shape index (κ2) is 7.15. The first-order valence-electron chi connectivity index (χ1n) is 9.86. The number of rotatable bonds is 4. The minimum absolute atomic E-state index is 0.235. The number of aryl methyl sites for hydroxylation is 2. The van der Waals surface area contributed by atoms with Gasteiger partial charge in [0.25, 0.3) is 0 Å². The van der Waals surface area contributed by atoms with Crippen molar-refractivity contribution in [1.29, 1.82) is 0 Å². The van der Waals surface area contributed by atoms with Gasteiger partial charge in [-0.2, -0.15) is 5.10 Å². The summed E-state index contributed by atoms with van der Waals surface area (Å²) in [6.07, 6.45) is 0. The molecule has 0 aliphatic carbocycles. The number of nitrogens with one attached hydrogen (secondary N) is 2. The van der Waals surface area contributed by atoms with Gasteiger partial charge in [-0.05, 0) is 31.5 Å². The monoisotopic (exact) mass is 395 g/mol. The van der Waals surface area contributed by atoms with Gasteiger partial charge in [-0.1, -0.05) is 65.7 Å². The number of para-hydroxylation sites is 1. The van der Waals surface area contributed by atoms with E-state index in [1.165, 1.54) is 11.1 Å². The molecule has 2 heterocycles. The molecule has 2 aromatic heterocycles. The second-order valence-electron chi connectivity index (χ2n) is 7.58. The van der Waals surface area contributed by atoms with Crippen LogP contribution in [0.1, 0.15) is 16.7 Å². The summed E-state index contributed by atoms with van der Waals surface area (Å²) in [7, 11) is 0. The molecule has 0 aliphatic rings. The Morgan fingerprint density at radius 3 is 2.30 bits per heavy atom. The fraction of sp³-hybridized carbons (Fsp3) is 0.125. The fourth-order valence-corrected chi connectivity index (χ4v) is 3.59. The molecule has 0 fully saturated rings. The number of hydrogen-bond acceptors (Lipinski definition) is 3. The van der Waals surface area contributed by atoms with Crippen molar-refractivity contribution in [1.82, 2.24) is 24.7 Å². The third-order valence-electron chi connectivity index (χ3n) is 5.23. The highest BCUT2D eigenvalue weighted by Crippen LogP contribution is 2.28. The lowest BCUT2D eigenvalue weighted by Gasteiger charge is -2.07. The molecule has 0 unspecified atom stereocenters. The van der Waals surface area contributed by atoms with Gasteiger partial charge in [0.1, 0.15) is 0 Å². The van der Waals surface area contributed by atoms with E-state index in [0.717, 1.165) is 27.7 Å². The Hall–Kier alpha value is -3.93. The molecular formula is C24H21N5O. The van der Waals surface area contributed by atoms with Crippen molar-refractivity contribution in [2.45, 2.75) is 20.4 Å². The van der Waals surface area contributed by atoms with Gasteiger partial charge in [-0.25, -0.2) is 14.5 Å². The largest absolute Gasteiger partial charge is 0.323 e. The van der Waals surface area contributed by atoms with Gasteiger partial charge in [0, 0.05) is 11.1 Å². The lowest BCUT2D eigenvalue weighted by molar-refractivity contribution is 0.695. The molecule has 5 rings (SSSR count). The van der Waals surface area contributed by atoms with Gasteiger partial charge in [0.05, 0.1) is 17.6 Å². The van der Waals surface area contributed by atoms with Crippen molar-refractivity contribution in [3.63, 3.8) is 0 Å². The first-order valence-corrected chi connectivity index (χ1v) is 9.86. The molecule has 6 nitrogen and oxygen atoms in total. The summed E-state index contributed by atoms with van der Waals surface area (Å²) in [5.74, 6) is 1.37. The molecule has 0 aliphatic heterocycles. The van der Waals surface area contributed by atoms with Crippen molar-refractivity contribution in [3.05, 3.63) is 93.9 Å². The molecule has 3 aromatic carbocycles. The number of nitrogens with zero attached hydrogens (tertiary/aromatic N) is 3. The van der Waals surface area contributed by atoms with Crippen LogP contribution in [-0.4, -0.2) is 24.7 Å². The van der Waals surface area contributed by atoms with Crippen LogP contribution >= 0.6 is 0 Å². The summed E-state index contributed by atoms with van der Waals surface area (Å²) in [5, 5.41) is 4.82. The number of aromatic amines is 2. The molecule has 0 saturated carbocycles. The molecule has 0 bridgehead atoms. The topological polar surface area (TPSA) is 79.4 Å². The van der Waals surface area contributed by atoms with E-state index in [0.29, 0.717) is 18.2 Å². The van der Waals surface area contributed by atoms with Crippen molar-refractivity contribution in [2.24, 2.45) is 0 Å². The Morgan fingerprint density at radius 1 is 0.867 bits per heavy atom. The Morgan fingerprint density at radius 2 is 1.57 bits per heavy atom. The van der Waals surface area contributed by atoms with Crippen LogP contribution in [0.2, 0.25) is 0 Å². The molecule has 0 spiro atoms. The van der Waals surface area contributed by atoms with Crippen LogP contribution in [0.5, 0.6) is 0 Å². The van der Waals surface area contributed by atoms with E-state index in [2.05, 4.69) is 60.2 Å². The summed E-state index contributed by atoms with van der Waals surface area (Å²) < 4.78 is 1.90. The van der Waals surface area contributed by atoms with Crippen molar-refractivity contribution in [2.75, 3.05) is 0 Å². The van der Waals surface area contributed by atoms with Gasteiger partial charge in [0.15, 0.2) is 11.6 Å². The van der Waals surface area contributed by atoms with Crippen molar-refractivity contribution < 1.29 is 0 Å². The van der Waals surface area contributed by atoms with Crippen LogP contribution in [0.4, 0.5) is 0 Å². The minimum Gasteiger partial charge on any atom is -0.306 e. The Kier molecular flexibility index (Phi) is 4.32. The van der Waals surface area contributed by atoms with Crippen LogP contribution < -0.4 is 5.69 Å². The van der Waals surface area contributed by atoms with E-state index >= 15 is 0 Å². The number of imidazole rings is 1. The summed E-state index contributed by atoms with van der Waals surface area (Å²) in [6, 6.07) is 22.3. The van der Waals surface area contributed by atoms with E-state index in [9.17, 15) is 4.79 Å². The van der Waals surface area contributed by atoms with Gasteiger partial charge >= 0.3 is 5.69 Å². The van der Waals surface area contributed by atoms with E-state index in [1.54, 1.807) is 0 Å². The van der Waals surface area contributed by atoms with Crippen LogP contribution in [0.25, 0.3) is 33.8 Å². The van der Waals surface area contributed by atoms with Crippen LogP contribution in [-0.2, 0) is 6.54 Å². The molecular weight excluding hydrogens is 374 g/mol. The third kappa shape index (κ3) is 3.33. The van der Waals surface area contributed by atoms with Crippen molar-refractivity contribution >= 4 is 11.0 Å². The summed E-state index contributed by atoms with van der Waals surface area (Å²) >= 11 is 0. The smallest absolute Gasteiger partial charge is 0.306 e. The van der Waals surface area contributed by atoms with E-state index in [-0.39, 0.29) is 5.69 Å². The highest BCUT2D eigenvalue weighted by molar-refractivity contribution is 5.90. The normalized spacial score (nSPS) is 11.3. The predicted molar refractivity (Wildman–Crippen MR) is 118 cm³/mol. The molecule has 6 heteroatoms. The number of H-pyrrole nitrogens is 2. The number of aromatic nitrogens is 5. The quantitative estimate of drug-likeness (QED) is 0.472. The molecule has 2 N–H and O–H groups in total. The molecule has 148 valence electrons. The zero-order valence-corrected chi connectivity index (χ0v) is 16.8. The SMILES string of the molecule is Cc1ccc(Cn2nc(-c3ccc(C)cc3)nc2-c2cccc3[nH]c(=O)[nH]c23)cc1. The molecule has 0 radical (unpaired) electrons. The minimum atomic E-state index is -0.235. The first kappa shape index (κ1) is 18.1. The van der Waals surface area contributed by atoms with Crippen molar-refractivity contribution in [3.8, 4) is 22.8 Å². The number of hydrogen-bond donors (Lipinski definition) is 2. The highest BCUT2D eigenvalue weighted by Gasteiger charge is 2.17. The number of benzene rings is 3. The Labute approximate surface area is 173 Å². The fourth-order valence-electron chi connectivity index (χ4n) is 3.59. The van der Waals surface area contributed by atoms with Crippen LogP contribution in [0, 0.1) is 13.8 Å². The summed E-state index contributed by atoms with van der Waals surface area (Å²) in [5.41, 5.74) is 6.58. The van der Waals surface area contributed by atoms with Gasteiger partial charge < -0.3 is 9.97 Å². The molecule has 30 heavy (non-hydrogen) atoms. The molecule has 0 saturated heterocycles. The van der Waals surface area contributed by atoms with E-state index in [4.69, 9.17) is 10.1 Å². The van der Waals surface area contributed by atoms with Crippen LogP contribution in [0.15, 0.2) is 71.5 Å². The first-order chi connectivity index (χ1) is 14.6. The maximum atomic E-state index is 11.9. The lowest BCUT2D eigenvalue weighted by atomic mass is 10.1. The molecule has 5 aromatic rings. The van der Waals surface area contributed by atoms with Gasteiger partial charge in [-0.3, -0.25) is 0 Å². The van der Waals surface area contributed by atoms with E-state index < -0.39 is 0 Å². The zero-order valence-electron chi connectivity index (χ0n) is 16.8. The average Bonchev–Trinajstić information content (AvgIpc) is 3.33. The van der Waals surface area contributed by atoms with Crippen LogP contribution in [0.3, 0.4) is 0 Å². The average molecular weight is 395 g/mol. The molecule has 0 atom stereocenters. The van der Waals surface area contributed by atoms with Gasteiger partial charge in [0.2, 0.25) is 0 Å². The highest BCUT2D eigenvalue weighted by atomic mass is 16.1.